The maximum atomic E-state index is 11.8. The van der Waals surface area contributed by atoms with Gasteiger partial charge in [-0.2, -0.15) is 9.78 Å². The Bertz CT molecular complexity index is 934. The predicted molar refractivity (Wildman–Crippen MR) is 95.6 cm³/mol. The number of ether oxygens (including phenoxy) is 1. The lowest BCUT2D eigenvalue weighted by Crippen LogP contribution is -2.22. The first-order valence-corrected chi connectivity index (χ1v) is 8.08. The number of pyridine rings is 2. The summed E-state index contributed by atoms with van der Waals surface area (Å²) in [5.41, 5.74) is 2.47. The van der Waals surface area contributed by atoms with Crippen molar-refractivity contribution >= 4 is 5.91 Å². The second-order valence-corrected chi connectivity index (χ2v) is 5.60. The van der Waals surface area contributed by atoms with Crippen LogP contribution in [0.3, 0.4) is 0 Å². The number of carbonyl (C=O) groups excluding carboxylic acids is 1. The zero-order valence-corrected chi connectivity index (χ0v) is 14.7. The van der Waals surface area contributed by atoms with Gasteiger partial charge >= 0.3 is 0 Å². The van der Waals surface area contributed by atoms with Crippen molar-refractivity contribution in [1.82, 2.24) is 25.1 Å². The summed E-state index contributed by atoms with van der Waals surface area (Å²) in [5.74, 6) is 0.600. The summed E-state index contributed by atoms with van der Waals surface area (Å²) < 4.78 is 6.48. The fourth-order valence-electron chi connectivity index (χ4n) is 2.52. The Morgan fingerprint density at radius 3 is 2.77 bits per heavy atom. The summed E-state index contributed by atoms with van der Waals surface area (Å²) in [4.78, 5) is 20.2. The van der Waals surface area contributed by atoms with Crippen LogP contribution in [0.4, 0.5) is 0 Å². The molecule has 0 aliphatic heterocycles. The summed E-state index contributed by atoms with van der Waals surface area (Å²) in [6, 6.07) is 6.81. The van der Waals surface area contributed by atoms with Crippen molar-refractivity contribution in [3.8, 4) is 28.7 Å². The van der Waals surface area contributed by atoms with E-state index in [1.807, 2.05) is 19.9 Å². The molecule has 0 fully saturated rings. The van der Waals surface area contributed by atoms with E-state index in [-0.39, 0.29) is 11.8 Å². The van der Waals surface area contributed by atoms with Gasteiger partial charge in [0.25, 0.3) is 5.91 Å². The summed E-state index contributed by atoms with van der Waals surface area (Å²) >= 11 is 0. The Morgan fingerprint density at radius 1 is 1.31 bits per heavy atom. The van der Waals surface area contributed by atoms with Crippen LogP contribution in [0.5, 0.6) is 11.8 Å². The molecule has 0 atom stereocenters. The molecule has 3 heterocycles. The lowest BCUT2D eigenvalue weighted by Gasteiger charge is -2.07. The monoisotopic (exact) mass is 353 g/mol. The number of methoxy groups -OCH3 is 1. The zero-order valence-electron chi connectivity index (χ0n) is 14.7. The summed E-state index contributed by atoms with van der Waals surface area (Å²) in [5, 5.41) is 17.5. The molecular weight excluding hydrogens is 334 g/mol. The number of aromatic hydroxyl groups is 1. The first kappa shape index (κ1) is 17.4. The van der Waals surface area contributed by atoms with Gasteiger partial charge in [-0.1, -0.05) is 0 Å². The van der Waals surface area contributed by atoms with E-state index < -0.39 is 0 Å². The number of carbonyl (C=O) groups is 1. The molecule has 0 aromatic carbocycles. The largest absolute Gasteiger partial charge is 0.493 e. The van der Waals surface area contributed by atoms with Gasteiger partial charge in [0.05, 0.1) is 24.4 Å². The fourth-order valence-corrected chi connectivity index (χ4v) is 2.52. The van der Waals surface area contributed by atoms with Gasteiger partial charge in [-0.25, -0.2) is 9.97 Å². The van der Waals surface area contributed by atoms with Gasteiger partial charge in [0, 0.05) is 24.5 Å². The van der Waals surface area contributed by atoms with Gasteiger partial charge in [-0.3, -0.25) is 4.79 Å². The third-order valence-electron chi connectivity index (χ3n) is 3.76. The highest BCUT2D eigenvalue weighted by Crippen LogP contribution is 2.32. The molecular formula is C18H19N5O3. The number of hydrogen-bond acceptors (Lipinski definition) is 6. The summed E-state index contributed by atoms with van der Waals surface area (Å²) in [6.45, 7) is 4.23. The van der Waals surface area contributed by atoms with Crippen LogP contribution < -0.4 is 10.1 Å². The van der Waals surface area contributed by atoms with Crippen LogP contribution in [0.2, 0.25) is 0 Å². The van der Waals surface area contributed by atoms with E-state index in [0.717, 1.165) is 11.3 Å². The third kappa shape index (κ3) is 3.34. The van der Waals surface area contributed by atoms with E-state index >= 15 is 0 Å². The number of aromatic nitrogens is 4. The van der Waals surface area contributed by atoms with Crippen molar-refractivity contribution in [3.63, 3.8) is 0 Å². The van der Waals surface area contributed by atoms with Gasteiger partial charge < -0.3 is 15.2 Å². The van der Waals surface area contributed by atoms with E-state index in [9.17, 15) is 9.90 Å². The van der Waals surface area contributed by atoms with Crippen molar-refractivity contribution in [2.24, 2.45) is 0 Å². The molecule has 8 heteroatoms. The highest BCUT2D eigenvalue weighted by molar-refractivity contribution is 5.93. The zero-order chi connectivity index (χ0) is 18.7. The Morgan fingerprint density at radius 2 is 2.12 bits per heavy atom. The molecule has 0 radical (unpaired) electrons. The summed E-state index contributed by atoms with van der Waals surface area (Å²) in [7, 11) is 1.54. The number of amides is 1. The van der Waals surface area contributed by atoms with E-state index in [2.05, 4.69) is 20.4 Å². The van der Waals surface area contributed by atoms with Gasteiger partial charge in [0.2, 0.25) is 11.8 Å². The Balaban J connectivity index is 1.94. The van der Waals surface area contributed by atoms with Crippen molar-refractivity contribution in [3.05, 3.63) is 47.9 Å². The fraction of sp³-hybridized carbons (Fsp3) is 0.222. The molecule has 8 nitrogen and oxygen atoms in total. The Hall–Kier alpha value is -3.42. The van der Waals surface area contributed by atoms with Crippen molar-refractivity contribution in [1.29, 1.82) is 0 Å². The number of hydrogen-bond donors (Lipinski definition) is 2. The molecule has 2 N–H and O–H groups in total. The molecule has 1 amide bonds. The van der Waals surface area contributed by atoms with Crippen LogP contribution in [0.25, 0.3) is 16.9 Å². The SMILES string of the molecule is CCNC(=O)c1ccc(-n2ncc(-c3cc(C)nc(OC)c3)c2O)nc1. The second kappa shape index (κ2) is 7.22. The molecule has 0 unspecified atom stereocenters. The van der Waals surface area contributed by atoms with Crippen molar-refractivity contribution in [2.75, 3.05) is 13.7 Å². The van der Waals surface area contributed by atoms with Crippen LogP contribution in [-0.4, -0.2) is 44.4 Å². The van der Waals surface area contributed by atoms with Gasteiger partial charge in [0.15, 0.2) is 5.82 Å². The minimum absolute atomic E-state index is 0.0593. The molecule has 0 aliphatic rings. The molecule has 0 saturated heterocycles. The quantitative estimate of drug-likeness (QED) is 0.728. The smallest absolute Gasteiger partial charge is 0.252 e. The molecule has 0 spiro atoms. The summed E-state index contributed by atoms with van der Waals surface area (Å²) in [6.07, 6.45) is 2.99. The van der Waals surface area contributed by atoms with Crippen molar-refractivity contribution < 1.29 is 14.6 Å². The lowest BCUT2D eigenvalue weighted by atomic mass is 10.1. The molecule has 134 valence electrons. The number of rotatable bonds is 5. The predicted octanol–water partition coefficient (Wildman–Crippen LogP) is 2.10. The maximum absolute atomic E-state index is 11.8. The van der Waals surface area contributed by atoms with Gasteiger partial charge in [-0.05, 0) is 37.6 Å². The normalized spacial score (nSPS) is 10.6. The highest BCUT2D eigenvalue weighted by atomic mass is 16.5. The number of aryl methyl sites for hydroxylation is 1. The molecule has 3 aromatic heterocycles. The van der Waals surface area contributed by atoms with Crippen LogP contribution >= 0.6 is 0 Å². The second-order valence-electron chi connectivity index (χ2n) is 5.60. The molecule has 3 aromatic rings. The first-order chi connectivity index (χ1) is 12.5. The molecule has 0 aliphatic carbocycles. The van der Waals surface area contributed by atoms with Crippen LogP contribution in [-0.2, 0) is 0 Å². The number of nitrogens with zero attached hydrogens (tertiary/aromatic N) is 4. The van der Waals surface area contributed by atoms with E-state index in [0.29, 0.717) is 29.4 Å². The molecule has 26 heavy (non-hydrogen) atoms. The Labute approximate surface area is 150 Å². The lowest BCUT2D eigenvalue weighted by molar-refractivity contribution is 0.0955. The topological polar surface area (TPSA) is 102 Å². The van der Waals surface area contributed by atoms with Crippen LogP contribution in [0.1, 0.15) is 23.0 Å². The van der Waals surface area contributed by atoms with E-state index in [4.69, 9.17) is 4.74 Å². The molecule has 0 bridgehead atoms. The van der Waals surface area contributed by atoms with Crippen LogP contribution in [0.15, 0.2) is 36.7 Å². The van der Waals surface area contributed by atoms with Crippen molar-refractivity contribution in [2.45, 2.75) is 13.8 Å². The standard InChI is InChI=1S/C18H19N5O3/c1-4-19-17(24)12-5-6-15(20-9-12)23-18(25)14(10-21-23)13-7-11(2)22-16(8-13)26-3/h5-10,25H,4H2,1-3H3,(H,19,24). The average Bonchev–Trinajstić information content (AvgIpc) is 3.03. The minimum atomic E-state index is -0.198. The maximum Gasteiger partial charge on any atom is 0.252 e. The molecule has 3 rings (SSSR count). The van der Waals surface area contributed by atoms with Crippen LogP contribution in [0, 0.1) is 6.92 Å². The average molecular weight is 353 g/mol. The molecule has 0 saturated carbocycles. The first-order valence-electron chi connectivity index (χ1n) is 8.08. The number of nitrogens with one attached hydrogen (secondary N) is 1. The Kier molecular flexibility index (Phi) is 4.83. The third-order valence-corrected chi connectivity index (χ3v) is 3.76. The van der Waals surface area contributed by atoms with E-state index in [1.165, 1.54) is 18.0 Å². The van der Waals surface area contributed by atoms with E-state index in [1.54, 1.807) is 24.4 Å². The van der Waals surface area contributed by atoms with Gasteiger partial charge in [0.1, 0.15) is 0 Å². The minimum Gasteiger partial charge on any atom is -0.493 e. The highest BCUT2D eigenvalue weighted by Gasteiger charge is 2.16. The van der Waals surface area contributed by atoms with Gasteiger partial charge in [-0.15, -0.1) is 0 Å².